The van der Waals surface area contributed by atoms with Crippen LogP contribution in [0.5, 0.6) is 0 Å². The fraction of sp³-hybridized carbons (Fsp3) is 0.250. The van der Waals surface area contributed by atoms with Gasteiger partial charge in [0.25, 0.3) is 5.91 Å². The van der Waals surface area contributed by atoms with E-state index in [4.69, 9.17) is 11.6 Å². The first kappa shape index (κ1) is 16.0. The van der Waals surface area contributed by atoms with E-state index in [0.29, 0.717) is 10.7 Å². The molecule has 0 saturated heterocycles. The Hall–Kier alpha value is -1.39. The topological polar surface area (TPSA) is 42.0 Å². The zero-order chi connectivity index (χ0) is 15.4. The summed E-state index contributed by atoms with van der Waals surface area (Å²) in [6.45, 7) is 3.93. The Balaban J connectivity index is 2.13. The van der Waals surface area contributed by atoms with Crippen LogP contribution in [0.1, 0.15) is 41.5 Å². The lowest BCUT2D eigenvalue weighted by Crippen LogP contribution is -2.26. The monoisotopic (exact) mass is 366 g/mol. The molecule has 2 rings (SSSR count). The maximum Gasteiger partial charge on any atom is 0.251 e. The smallest absolute Gasteiger partial charge is 0.251 e. The fourth-order valence-corrected chi connectivity index (χ4v) is 2.47. The number of nitrogens with zero attached hydrogens (tertiary/aromatic N) is 1. The van der Waals surface area contributed by atoms with Crippen molar-refractivity contribution < 1.29 is 4.79 Å². The summed E-state index contributed by atoms with van der Waals surface area (Å²) in [6.07, 6.45) is 0.739. The van der Waals surface area contributed by atoms with Gasteiger partial charge in [-0.25, -0.2) is 4.98 Å². The first-order chi connectivity index (χ1) is 9.99. The van der Waals surface area contributed by atoms with Crippen molar-refractivity contribution in [1.82, 2.24) is 10.3 Å². The Morgan fingerprint density at radius 2 is 2.00 bits per heavy atom. The van der Waals surface area contributed by atoms with Crippen molar-refractivity contribution in [2.75, 3.05) is 0 Å². The van der Waals surface area contributed by atoms with Crippen LogP contribution in [0.25, 0.3) is 0 Å². The molecule has 0 saturated carbocycles. The molecule has 2 aromatic rings. The third kappa shape index (κ3) is 4.29. The zero-order valence-corrected chi connectivity index (χ0v) is 14.2. The van der Waals surface area contributed by atoms with Gasteiger partial charge in [0, 0.05) is 15.7 Å². The van der Waals surface area contributed by atoms with E-state index in [1.54, 1.807) is 12.1 Å². The minimum absolute atomic E-state index is 0.0809. The number of benzene rings is 1. The van der Waals surface area contributed by atoms with Gasteiger partial charge in [0.15, 0.2) is 0 Å². The predicted octanol–water partition coefficient (Wildman–Crippen LogP) is 4.55. The Morgan fingerprint density at radius 1 is 1.33 bits per heavy atom. The van der Waals surface area contributed by atoms with Crippen LogP contribution >= 0.6 is 27.5 Å². The highest BCUT2D eigenvalue weighted by molar-refractivity contribution is 9.10. The van der Waals surface area contributed by atoms with Crippen molar-refractivity contribution in [2.45, 2.75) is 26.3 Å². The Morgan fingerprint density at radius 3 is 2.62 bits per heavy atom. The maximum absolute atomic E-state index is 12.3. The molecule has 1 aromatic carbocycles. The molecule has 1 heterocycles. The third-order valence-corrected chi connectivity index (χ3v) is 3.91. The van der Waals surface area contributed by atoms with Crippen molar-refractivity contribution in [3.8, 4) is 0 Å². The van der Waals surface area contributed by atoms with E-state index in [2.05, 4.69) is 26.2 Å². The van der Waals surface area contributed by atoms with Gasteiger partial charge in [-0.15, -0.1) is 0 Å². The summed E-state index contributed by atoms with van der Waals surface area (Å²) in [5.74, 6) is -0.149. The number of halogens is 2. The summed E-state index contributed by atoms with van der Waals surface area (Å²) in [6, 6.07) is 11.1. The molecule has 1 N–H and O–H groups in total. The van der Waals surface area contributed by atoms with Crippen LogP contribution in [-0.2, 0) is 6.42 Å². The van der Waals surface area contributed by atoms with Gasteiger partial charge >= 0.3 is 0 Å². The maximum atomic E-state index is 12.3. The summed E-state index contributed by atoms with van der Waals surface area (Å²) in [5, 5.41) is 3.31. The molecule has 110 valence electrons. The SMILES string of the molecule is CCc1cc(C(=O)N[C@@H](C)c2ccc(Br)cc2)cc(Cl)n1. The van der Waals surface area contributed by atoms with Crippen molar-refractivity contribution >= 4 is 33.4 Å². The number of carbonyl (C=O) groups is 1. The second-order valence-electron chi connectivity index (χ2n) is 4.77. The fourth-order valence-electron chi connectivity index (χ4n) is 1.98. The van der Waals surface area contributed by atoms with Crippen molar-refractivity contribution in [3.05, 3.63) is 62.8 Å². The highest BCUT2D eigenvalue weighted by Crippen LogP contribution is 2.18. The van der Waals surface area contributed by atoms with Crippen LogP contribution in [-0.4, -0.2) is 10.9 Å². The molecule has 0 bridgehead atoms. The van der Waals surface area contributed by atoms with Gasteiger partial charge in [0.1, 0.15) is 5.15 Å². The molecule has 21 heavy (non-hydrogen) atoms. The first-order valence-corrected chi connectivity index (χ1v) is 7.89. The average Bonchev–Trinajstić information content (AvgIpc) is 2.47. The number of aryl methyl sites for hydroxylation is 1. The highest BCUT2D eigenvalue weighted by Gasteiger charge is 2.13. The average molecular weight is 368 g/mol. The molecule has 0 fully saturated rings. The molecule has 1 aromatic heterocycles. The number of pyridine rings is 1. The Bertz CT molecular complexity index is 643. The summed E-state index contributed by atoms with van der Waals surface area (Å²) >= 11 is 9.34. The Labute approximate surface area is 137 Å². The van der Waals surface area contributed by atoms with E-state index in [9.17, 15) is 4.79 Å². The van der Waals surface area contributed by atoms with E-state index in [0.717, 1.165) is 22.2 Å². The molecule has 1 amide bonds. The molecule has 0 aliphatic heterocycles. The highest BCUT2D eigenvalue weighted by atomic mass is 79.9. The van der Waals surface area contributed by atoms with E-state index >= 15 is 0 Å². The van der Waals surface area contributed by atoms with Gasteiger partial charge < -0.3 is 5.32 Å². The summed E-state index contributed by atoms with van der Waals surface area (Å²) in [7, 11) is 0. The van der Waals surface area contributed by atoms with Gasteiger partial charge in [0.05, 0.1) is 6.04 Å². The minimum atomic E-state index is -0.149. The molecule has 0 radical (unpaired) electrons. The molecule has 1 atom stereocenters. The van der Waals surface area contributed by atoms with Crippen LogP contribution in [0.4, 0.5) is 0 Å². The second-order valence-corrected chi connectivity index (χ2v) is 6.07. The zero-order valence-electron chi connectivity index (χ0n) is 11.9. The van der Waals surface area contributed by atoms with Gasteiger partial charge in [-0.3, -0.25) is 4.79 Å². The lowest BCUT2D eigenvalue weighted by atomic mass is 10.1. The van der Waals surface area contributed by atoms with Crippen LogP contribution < -0.4 is 5.32 Å². The molecule has 0 spiro atoms. The standard InChI is InChI=1S/C16H16BrClN2O/c1-3-14-8-12(9-15(18)20-14)16(21)19-10(2)11-4-6-13(17)7-5-11/h4-10H,3H2,1-2H3,(H,19,21)/t10-/m0/s1. The molecular weight excluding hydrogens is 352 g/mol. The molecule has 0 aliphatic rings. The lowest BCUT2D eigenvalue weighted by Gasteiger charge is -2.15. The van der Waals surface area contributed by atoms with E-state index in [1.807, 2.05) is 38.1 Å². The van der Waals surface area contributed by atoms with E-state index in [1.165, 1.54) is 0 Å². The summed E-state index contributed by atoms with van der Waals surface area (Å²) in [4.78, 5) is 16.5. The second kappa shape index (κ2) is 7.05. The van der Waals surface area contributed by atoms with Gasteiger partial charge in [0.2, 0.25) is 0 Å². The number of aromatic nitrogens is 1. The summed E-state index contributed by atoms with van der Waals surface area (Å²) in [5.41, 5.74) is 2.39. The number of carbonyl (C=O) groups excluding carboxylic acids is 1. The van der Waals surface area contributed by atoms with Crippen LogP contribution in [0, 0.1) is 0 Å². The van der Waals surface area contributed by atoms with Crippen molar-refractivity contribution in [2.24, 2.45) is 0 Å². The summed E-state index contributed by atoms with van der Waals surface area (Å²) < 4.78 is 1.01. The van der Waals surface area contributed by atoms with Crippen molar-refractivity contribution in [3.63, 3.8) is 0 Å². The van der Waals surface area contributed by atoms with Crippen LogP contribution in [0.2, 0.25) is 5.15 Å². The van der Waals surface area contributed by atoms with Crippen molar-refractivity contribution in [1.29, 1.82) is 0 Å². The largest absolute Gasteiger partial charge is 0.346 e. The molecule has 0 aliphatic carbocycles. The predicted molar refractivity (Wildman–Crippen MR) is 88.6 cm³/mol. The molecule has 0 unspecified atom stereocenters. The van der Waals surface area contributed by atoms with E-state index in [-0.39, 0.29) is 11.9 Å². The number of amides is 1. The van der Waals surface area contributed by atoms with Gasteiger partial charge in [-0.05, 0) is 43.2 Å². The molecule has 3 nitrogen and oxygen atoms in total. The van der Waals surface area contributed by atoms with Crippen LogP contribution in [0.3, 0.4) is 0 Å². The quantitative estimate of drug-likeness (QED) is 0.805. The van der Waals surface area contributed by atoms with Gasteiger partial charge in [-0.1, -0.05) is 46.6 Å². The number of rotatable bonds is 4. The number of hydrogen-bond acceptors (Lipinski definition) is 2. The Kier molecular flexibility index (Phi) is 5.37. The first-order valence-electron chi connectivity index (χ1n) is 6.72. The van der Waals surface area contributed by atoms with Gasteiger partial charge in [-0.2, -0.15) is 0 Å². The van der Waals surface area contributed by atoms with E-state index < -0.39 is 0 Å². The third-order valence-electron chi connectivity index (χ3n) is 3.19. The van der Waals surface area contributed by atoms with Crippen LogP contribution in [0.15, 0.2) is 40.9 Å². The number of hydrogen-bond donors (Lipinski definition) is 1. The lowest BCUT2D eigenvalue weighted by molar-refractivity contribution is 0.0939. The number of nitrogens with one attached hydrogen (secondary N) is 1. The minimum Gasteiger partial charge on any atom is -0.346 e. The molecule has 5 heteroatoms. The molecular formula is C16H16BrClN2O. The normalized spacial score (nSPS) is 12.0.